The van der Waals surface area contributed by atoms with Gasteiger partial charge >= 0.3 is 0 Å². The fourth-order valence-electron chi connectivity index (χ4n) is 2.51. The Balaban J connectivity index is 1.59. The molecule has 27 heavy (non-hydrogen) atoms. The van der Waals surface area contributed by atoms with Crippen LogP contribution in [-0.2, 0) is 11.3 Å². The van der Waals surface area contributed by atoms with Gasteiger partial charge in [0.1, 0.15) is 11.5 Å². The Morgan fingerprint density at radius 3 is 2.67 bits per heavy atom. The van der Waals surface area contributed by atoms with Crippen LogP contribution >= 0.6 is 0 Å². The number of para-hydroxylation sites is 1. The molecule has 0 bridgehead atoms. The molecule has 2 aromatic carbocycles. The van der Waals surface area contributed by atoms with Crippen LogP contribution in [0.3, 0.4) is 0 Å². The van der Waals surface area contributed by atoms with E-state index in [1.54, 1.807) is 48.7 Å². The average molecular weight is 364 g/mol. The SMILES string of the molecule is Cc1cccc(OCC(=O)Nc2ccccc2C(=O)NCc2ccco2)c1. The maximum atomic E-state index is 12.4. The quantitative estimate of drug-likeness (QED) is 0.672. The molecule has 0 aliphatic heterocycles. The lowest BCUT2D eigenvalue weighted by molar-refractivity contribution is -0.118. The normalized spacial score (nSPS) is 10.3. The number of anilines is 1. The van der Waals surface area contributed by atoms with E-state index in [9.17, 15) is 9.59 Å². The topological polar surface area (TPSA) is 80.6 Å². The molecule has 0 saturated carbocycles. The van der Waals surface area contributed by atoms with E-state index < -0.39 is 0 Å². The molecule has 3 aromatic rings. The zero-order chi connectivity index (χ0) is 19.1. The molecule has 2 amide bonds. The third-order valence-electron chi connectivity index (χ3n) is 3.81. The van der Waals surface area contributed by atoms with Crippen LogP contribution in [-0.4, -0.2) is 18.4 Å². The highest BCUT2D eigenvalue weighted by atomic mass is 16.5. The van der Waals surface area contributed by atoms with Gasteiger partial charge in [0.15, 0.2) is 6.61 Å². The van der Waals surface area contributed by atoms with Gasteiger partial charge in [-0.1, -0.05) is 24.3 Å². The lowest BCUT2D eigenvalue weighted by atomic mass is 10.1. The summed E-state index contributed by atoms with van der Waals surface area (Å²) < 4.78 is 10.7. The van der Waals surface area contributed by atoms with Crippen molar-refractivity contribution in [3.8, 4) is 5.75 Å². The van der Waals surface area contributed by atoms with Crippen molar-refractivity contribution in [1.82, 2.24) is 5.32 Å². The first-order chi connectivity index (χ1) is 13.1. The molecule has 0 radical (unpaired) electrons. The van der Waals surface area contributed by atoms with Crippen LogP contribution < -0.4 is 15.4 Å². The Kier molecular flexibility index (Phi) is 5.89. The van der Waals surface area contributed by atoms with Gasteiger partial charge in [-0.25, -0.2) is 0 Å². The third-order valence-corrected chi connectivity index (χ3v) is 3.81. The van der Waals surface area contributed by atoms with E-state index in [2.05, 4.69) is 10.6 Å². The number of hydrogen-bond donors (Lipinski definition) is 2. The van der Waals surface area contributed by atoms with Crippen LogP contribution in [0.25, 0.3) is 0 Å². The molecule has 3 rings (SSSR count). The minimum absolute atomic E-state index is 0.147. The van der Waals surface area contributed by atoms with Crippen LogP contribution in [0.2, 0.25) is 0 Å². The van der Waals surface area contributed by atoms with Crippen LogP contribution in [0, 0.1) is 6.92 Å². The summed E-state index contributed by atoms with van der Waals surface area (Å²) in [6.07, 6.45) is 1.55. The smallest absolute Gasteiger partial charge is 0.262 e. The molecule has 2 N–H and O–H groups in total. The summed E-state index contributed by atoms with van der Waals surface area (Å²) in [5, 5.41) is 5.49. The highest BCUT2D eigenvalue weighted by Crippen LogP contribution is 2.16. The number of carbonyl (C=O) groups excluding carboxylic acids is 2. The van der Waals surface area contributed by atoms with Crippen molar-refractivity contribution in [1.29, 1.82) is 0 Å². The number of carbonyl (C=O) groups is 2. The van der Waals surface area contributed by atoms with Gasteiger partial charge < -0.3 is 19.8 Å². The molecule has 0 fully saturated rings. The minimum atomic E-state index is -0.345. The predicted molar refractivity (Wildman–Crippen MR) is 102 cm³/mol. The number of ether oxygens (including phenoxy) is 1. The zero-order valence-corrected chi connectivity index (χ0v) is 14.9. The summed E-state index contributed by atoms with van der Waals surface area (Å²) in [4.78, 5) is 24.6. The number of furan rings is 1. The molecule has 6 heteroatoms. The number of amides is 2. The number of nitrogens with one attached hydrogen (secondary N) is 2. The van der Waals surface area contributed by atoms with E-state index in [0.717, 1.165) is 5.56 Å². The average Bonchev–Trinajstić information content (AvgIpc) is 3.19. The molecule has 1 heterocycles. The molecule has 1 aromatic heterocycles. The van der Waals surface area contributed by atoms with Crippen molar-refractivity contribution in [2.45, 2.75) is 13.5 Å². The third kappa shape index (κ3) is 5.22. The minimum Gasteiger partial charge on any atom is -0.484 e. The predicted octanol–water partition coefficient (Wildman–Crippen LogP) is 3.54. The van der Waals surface area contributed by atoms with Gasteiger partial charge in [-0.05, 0) is 48.9 Å². The number of aryl methyl sites for hydroxylation is 1. The Morgan fingerprint density at radius 1 is 1.04 bits per heavy atom. The maximum absolute atomic E-state index is 12.4. The number of hydrogen-bond acceptors (Lipinski definition) is 4. The Hall–Kier alpha value is -3.54. The first kappa shape index (κ1) is 18.3. The van der Waals surface area contributed by atoms with E-state index in [-0.39, 0.29) is 25.0 Å². The van der Waals surface area contributed by atoms with Crippen LogP contribution in [0.1, 0.15) is 21.7 Å². The highest BCUT2D eigenvalue weighted by molar-refractivity contribution is 6.03. The van der Waals surface area contributed by atoms with Crippen LogP contribution in [0.4, 0.5) is 5.69 Å². The standard InChI is InChI=1S/C21H20N2O4/c1-15-6-4-7-16(12-15)27-14-20(24)23-19-10-3-2-9-18(19)21(25)22-13-17-8-5-11-26-17/h2-12H,13-14H2,1H3,(H,22,25)(H,23,24). The van der Waals surface area contributed by atoms with E-state index in [1.165, 1.54) is 0 Å². The van der Waals surface area contributed by atoms with E-state index in [1.807, 2.05) is 25.1 Å². The molecule has 0 aliphatic rings. The second kappa shape index (κ2) is 8.71. The summed E-state index contributed by atoms with van der Waals surface area (Å²) >= 11 is 0. The van der Waals surface area contributed by atoms with Crippen LogP contribution in [0.5, 0.6) is 5.75 Å². The van der Waals surface area contributed by atoms with Crippen LogP contribution in [0.15, 0.2) is 71.3 Å². The molecule has 138 valence electrons. The van der Waals surface area contributed by atoms with Crippen molar-refractivity contribution >= 4 is 17.5 Å². The molecule has 0 spiro atoms. The summed E-state index contributed by atoms with van der Waals surface area (Å²) in [7, 11) is 0. The number of rotatable bonds is 7. The second-order valence-electron chi connectivity index (χ2n) is 5.96. The molecular formula is C21H20N2O4. The Labute approximate surface area is 157 Å². The summed E-state index contributed by atoms with van der Waals surface area (Å²) in [5.74, 6) is 0.621. The van der Waals surface area contributed by atoms with Crippen molar-refractivity contribution in [3.63, 3.8) is 0 Å². The van der Waals surface area contributed by atoms with Gasteiger partial charge in [-0.2, -0.15) is 0 Å². The van der Waals surface area contributed by atoms with Crippen molar-refractivity contribution in [2.24, 2.45) is 0 Å². The first-order valence-corrected chi connectivity index (χ1v) is 8.51. The maximum Gasteiger partial charge on any atom is 0.262 e. The van der Waals surface area contributed by atoms with Gasteiger partial charge in [-0.3, -0.25) is 9.59 Å². The van der Waals surface area contributed by atoms with E-state index in [0.29, 0.717) is 22.8 Å². The monoisotopic (exact) mass is 364 g/mol. The van der Waals surface area contributed by atoms with Gasteiger partial charge in [0, 0.05) is 0 Å². The lowest BCUT2D eigenvalue weighted by Gasteiger charge is -2.12. The highest BCUT2D eigenvalue weighted by Gasteiger charge is 2.13. The fourth-order valence-corrected chi connectivity index (χ4v) is 2.51. The van der Waals surface area contributed by atoms with E-state index in [4.69, 9.17) is 9.15 Å². The van der Waals surface area contributed by atoms with Gasteiger partial charge in [0.25, 0.3) is 11.8 Å². The van der Waals surface area contributed by atoms with Crippen molar-refractivity contribution in [2.75, 3.05) is 11.9 Å². The Morgan fingerprint density at radius 2 is 1.89 bits per heavy atom. The fraction of sp³-hybridized carbons (Fsp3) is 0.143. The number of benzene rings is 2. The Bertz CT molecular complexity index is 919. The second-order valence-corrected chi connectivity index (χ2v) is 5.96. The summed E-state index contributed by atoms with van der Waals surface area (Å²) in [6.45, 7) is 2.07. The van der Waals surface area contributed by atoms with Crippen molar-refractivity contribution in [3.05, 3.63) is 83.8 Å². The molecular weight excluding hydrogens is 344 g/mol. The van der Waals surface area contributed by atoms with Gasteiger partial charge in [0.2, 0.25) is 0 Å². The molecule has 0 atom stereocenters. The van der Waals surface area contributed by atoms with Gasteiger partial charge in [0.05, 0.1) is 24.1 Å². The molecule has 0 saturated heterocycles. The molecule has 6 nitrogen and oxygen atoms in total. The van der Waals surface area contributed by atoms with E-state index >= 15 is 0 Å². The summed E-state index contributed by atoms with van der Waals surface area (Å²) in [5.41, 5.74) is 1.84. The molecule has 0 aliphatic carbocycles. The lowest BCUT2D eigenvalue weighted by Crippen LogP contribution is -2.26. The largest absolute Gasteiger partial charge is 0.484 e. The zero-order valence-electron chi connectivity index (χ0n) is 14.9. The summed E-state index contributed by atoms with van der Waals surface area (Å²) in [6, 6.07) is 17.8. The molecule has 0 unspecified atom stereocenters. The van der Waals surface area contributed by atoms with Gasteiger partial charge in [-0.15, -0.1) is 0 Å². The van der Waals surface area contributed by atoms with Crippen molar-refractivity contribution < 1.29 is 18.7 Å². The first-order valence-electron chi connectivity index (χ1n) is 8.51.